The van der Waals surface area contributed by atoms with Crippen molar-refractivity contribution in [3.63, 3.8) is 0 Å². The summed E-state index contributed by atoms with van der Waals surface area (Å²) in [5, 5.41) is 2.88. The zero-order chi connectivity index (χ0) is 13.7. The van der Waals surface area contributed by atoms with Crippen LogP contribution in [0.3, 0.4) is 0 Å². The van der Waals surface area contributed by atoms with E-state index in [1.807, 2.05) is 6.92 Å². The topological polar surface area (TPSA) is 64.1 Å². The van der Waals surface area contributed by atoms with E-state index in [1.54, 1.807) is 12.4 Å². The van der Waals surface area contributed by atoms with Crippen LogP contribution in [0.2, 0.25) is 0 Å². The van der Waals surface area contributed by atoms with Crippen molar-refractivity contribution in [3.05, 3.63) is 18.2 Å². The molecule has 0 bridgehead atoms. The Labute approximate surface area is 113 Å². The molecule has 0 unspecified atom stereocenters. The number of carbonyl (C=O) groups excluding carboxylic acids is 1. The number of rotatable bonds is 4. The van der Waals surface area contributed by atoms with Crippen LogP contribution in [-0.2, 0) is 16.0 Å². The molecule has 2 rings (SSSR count). The molecule has 0 spiro atoms. The maximum absolute atomic E-state index is 12.2. The van der Waals surface area contributed by atoms with Gasteiger partial charge in [-0.25, -0.2) is 9.97 Å². The zero-order valence-corrected chi connectivity index (χ0v) is 11.6. The number of hydrogen-bond donors (Lipinski definition) is 1. The number of aryl methyl sites for hydroxylation is 1. The summed E-state index contributed by atoms with van der Waals surface area (Å²) < 4.78 is 5.64. The quantitative estimate of drug-likeness (QED) is 0.904. The number of aromatic nitrogens is 2. The van der Waals surface area contributed by atoms with Crippen LogP contribution in [0.1, 0.15) is 38.9 Å². The van der Waals surface area contributed by atoms with Gasteiger partial charge in [-0.1, -0.05) is 13.8 Å². The van der Waals surface area contributed by atoms with E-state index in [0.29, 0.717) is 5.69 Å². The summed E-state index contributed by atoms with van der Waals surface area (Å²) in [6.07, 6.45) is 6.84. The number of nitrogens with one attached hydrogen (secondary N) is 1. The van der Waals surface area contributed by atoms with Gasteiger partial charge in [-0.15, -0.1) is 0 Å². The zero-order valence-electron chi connectivity index (χ0n) is 11.6. The first-order chi connectivity index (χ1) is 9.24. The number of hydrogen-bond acceptors (Lipinski definition) is 4. The largest absolute Gasteiger partial charge is 0.377 e. The van der Waals surface area contributed by atoms with Crippen molar-refractivity contribution >= 4 is 11.6 Å². The Bertz CT molecular complexity index is 419. The lowest BCUT2D eigenvalue weighted by molar-refractivity contribution is -0.129. The van der Waals surface area contributed by atoms with E-state index in [9.17, 15) is 4.79 Å². The predicted octanol–water partition coefficient (Wildman–Crippen LogP) is 2.18. The van der Waals surface area contributed by atoms with Gasteiger partial charge in [0.25, 0.3) is 0 Å². The highest BCUT2D eigenvalue weighted by molar-refractivity contribution is 5.92. The van der Waals surface area contributed by atoms with Gasteiger partial charge in [0.1, 0.15) is 5.82 Å². The van der Waals surface area contributed by atoms with Crippen LogP contribution in [0.25, 0.3) is 0 Å². The molecule has 1 aliphatic heterocycles. The Morgan fingerprint density at radius 3 is 2.79 bits per heavy atom. The normalized spacial score (nSPS) is 23.1. The van der Waals surface area contributed by atoms with E-state index in [-0.39, 0.29) is 17.9 Å². The monoisotopic (exact) mass is 263 g/mol. The van der Waals surface area contributed by atoms with Crippen LogP contribution in [-0.4, -0.2) is 28.6 Å². The fourth-order valence-corrected chi connectivity index (χ4v) is 2.38. The minimum Gasteiger partial charge on any atom is -0.377 e. The highest BCUT2D eigenvalue weighted by Gasteiger charge is 2.30. The maximum Gasteiger partial charge on any atom is 0.230 e. The SMILES string of the molecule is CCc1ncc(NC(=O)[C@@H]2CCCO[C@@H]2CC)cn1. The lowest BCUT2D eigenvalue weighted by Crippen LogP contribution is -2.37. The van der Waals surface area contributed by atoms with Gasteiger partial charge in [0.2, 0.25) is 5.91 Å². The van der Waals surface area contributed by atoms with E-state index in [1.165, 1.54) is 0 Å². The number of nitrogens with zero attached hydrogens (tertiary/aromatic N) is 2. The van der Waals surface area contributed by atoms with Crippen LogP contribution in [0.4, 0.5) is 5.69 Å². The molecule has 104 valence electrons. The molecular formula is C14H21N3O2. The molecule has 0 radical (unpaired) electrons. The van der Waals surface area contributed by atoms with Gasteiger partial charge in [0, 0.05) is 13.0 Å². The molecular weight excluding hydrogens is 242 g/mol. The predicted molar refractivity (Wildman–Crippen MR) is 72.8 cm³/mol. The average Bonchev–Trinajstić information content (AvgIpc) is 2.48. The molecule has 2 atom stereocenters. The highest BCUT2D eigenvalue weighted by atomic mass is 16.5. The maximum atomic E-state index is 12.2. The van der Waals surface area contributed by atoms with E-state index >= 15 is 0 Å². The molecule has 1 N–H and O–H groups in total. The standard InChI is InChI=1S/C14H21N3O2/c1-3-12-11(6-5-7-19-12)14(18)17-10-8-15-13(4-2)16-9-10/h8-9,11-12H,3-7H2,1-2H3,(H,17,18)/t11-,12-/m1/s1. The van der Waals surface area contributed by atoms with Gasteiger partial charge in [0.05, 0.1) is 30.1 Å². The molecule has 5 heteroatoms. The van der Waals surface area contributed by atoms with Gasteiger partial charge in [-0.05, 0) is 19.3 Å². The summed E-state index contributed by atoms with van der Waals surface area (Å²) in [6.45, 7) is 4.81. The van der Waals surface area contributed by atoms with Gasteiger partial charge >= 0.3 is 0 Å². The second-order valence-corrected chi connectivity index (χ2v) is 4.80. The Hall–Kier alpha value is -1.49. The van der Waals surface area contributed by atoms with Gasteiger partial charge in [-0.3, -0.25) is 4.79 Å². The van der Waals surface area contributed by atoms with Crippen LogP contribution in [0, 0.1) is 5.92 Å². The molecule has 2 heterocycles. The molecule has 1 aliphatic rings. The van der Waals surface area contributed by atoms with Gasteiger partial charge in [0.15, 0.2) is 0 Å². The second-order valence-electron chi connectivity index (χ2n) is 4.80. The Balaban J connectivity index is 1.98. The number of anilines is 1. The molecule has 0 aliphatic carbocycles. The summed E-state index contributed by atoms with van der Waals surface area (Å²) in [6, 6.07) is 0. The van der Waals surface area contributed by atoms with Crippen LogP contribution < -0.4 is 5.32 Å². The van der Waals surface area contributed by atoms with Crippen LogP contribution >= 0.6 is 0 Å². The van der Waals surface area contributed by atoms with Crippen LogP contribution in [0.15, 0.2) is 12.4 Å². The van der Waals surface area contributed by atoms with E-state index < -0.39 is 0 Å². The van der Waals surface area contributed by atoms with Crippen molar-refractivity contribution in [2.75, 3.05) is 11.9 Å². The first-order valence-corrected chi connectivity index (χ1v) is 6.98. The number of ether oxygens (including phenoxy) is 1. The Morgan fingerprint density at radius 2 is 2.16 bits per heavy atom. The molecule has 19 heavy (non-hydrogen) atoms. The number of amides is 1. The second kappa shape index (κ2) is 6.61. The lowest BCUT2D eigenvalue weighted by atomic mass is 9.92. The van der Waals surface area contributed by atoms with Crippen molar-refractivity contribution < 1.29 is 9.53 Å². The van der Waals surface area contributed by atoms with Crippen molar-refractivity contribution in [3.8, 4) is 0 Å². The fourth-order valence-electron chi connectivity index (χ4n) is 2.38. The summed E-state index contributed by atoms with van der Waals surface area (Å²) >= 11 is 0. The van der Waals surface area contributed by atoms with Crippen molar-refractivity contribution in [1.29, 1.82) is 0 Å². The highest BCUT2D eigenvalue weighted by Crippen LogP contribution is 2.24. The van der Waals surface area contributed by atoms with Crippen molar-refractivity contribution in [1.82, 2.24) is 9.97 Å². The first-order valence-electron chi connectivity index (χ1n) is 6.98. The van der Waals surface area contributed by atoms with Gasteiger partial charge in [-0.2, -0.15) is 0 Å². The fraction of sp³-hybridized carbons (Fsp3) is 0.643. The van der Waals surface area contributed by atoms with Crippen molar-refractivity contribution in [2.45, 2.75) is 45.6 Å². The van der Waals surface area contributed by atoms with E-state index in [4.69, 9.17) is 4.74 Å². The Kier molecular flexibility index (Phi) is 4.85. The number of carbonyl (C=O) groups is 1. The molecule has 1 aromatic heterocycles. The molecule has 5 nitrogen and oxygen atoms in total. The third-order valence-electron chi connectivity index (χ3n) is 3.47. The summed E-state index contributed by atoms with van der Waals surface area (Å²) in [5.41, 5.74) is 0.655. The molecule has 0 aromatic carbocycles. The van der Waals surface area contributed by atoms with Crippen molar-refractivity contribution in [2.24, 2.45) is 5.92 Å². The van der Waals surface area contributed by atoms with E-state index in [0.717, 1.165) is 38.1 Å². The minimum absolute atomic E-state index is 0.0133. The minimum atomic E-state index is -0.0652. The molecule has 1 aromatic rings. The lowest BCUT2D eigenvalue weighted by Gasteiger charge is -2.29. The summed E-state index contributed by atoms with van der Waals surface area (Å²) in [7, 11) is 0. The molecule has 1 amide bonds. The summed E-state index contributed by atoms with van der Waals surface area (Å²) in [4.78, 5) is 20.6. The Morgan fingerprint density at radius 1 is 1.42 bits per heavy atom. The molecule has 0 saturated carbocycles. The van der Waals surface area contributed by atoms with E-state index in [2.05, 4.69) is 22.2 Å². The smallest absolute Gasteiger partial charge is 0.230 e. The average molecular weight is 263 g/mol. The molecule has 1 fully saturated rings. The third kappa shape index (κ3) is 3.50. The first kappa shape index (κ1) is 13.9. The third-order valence-corrected chi connectivity index (χ3v) is 3.47. The van der Waals surface area contributed by atoms with Crippen LogP contribution in [0.5, 0.6) is 0 Å². The summed E-state index contributed by atoms with van der Waals surface area (Å²) in [5.74, 6) is 0.731. The molecule has 1 saturated heterocycles. The van der Waals surface area contributed by atoms with Gasteiger partial charge < -0.3 is 10.1 Å².